The number of carbonyl (C=O) groups is 1. The summed E-state index contributed by atoms with van der Waals surface area (Å²) in [6, 6.07) is 4.02. The fraction of sp³-hybridized carbons (Fsp3) is 0.500. The van der Waals surface area contributed by atoms with Crippen LogP contribution in [0, 0.1) is 16.0 Å². The van der Waals surface area contributed by atoms with E-state index >= 15 is 0 Å². The molecule has 1 aromatic carbocycles. The zero-order valence-corrected chi connectivity index (χ0v) is 11.4. The summed E-state index contributed by atoms with van der Waals surface area (Å²) in [7, 11) is 0. The maximum absolute atomic E-state index is 12.6. The van der Waals surface area contributed by atoms with Crippen LogP contribution in [0.1, 0.15) is 23.2 Å². The Morgan fingerprint density at radius 1 is 1.43 bits per heavy atom. The van der Waals surface area contributed by atoms with Gasteiger partial charge >= 0.3 is 5.69 Å². The van der Waals surface area contributed by atoms with Crippen LogP contribution in [0.15, 0.2) is 18.2 Å². The molecule has 1 amide bonds. The van der Waals surface area contributed by atoms with E-state index in [9.17, 15) is 20.0 Å². The zero-order chi connectivity index (χ0) is 15.0. The molecule has 1 heterocycles. The monoisotopic (exact) mass is 292 g/mol. The Labute approximate surface area is 121 Å². The van der Waals surface area contributed by atoms with Crippen molar-refractivity contribution in [3.63, 3.8) is 0 Å². The Morgan fingerprint density at radius 3 is 2.86 bits per heavy atom. The molecule has 2 aliphatic rings. The van der Waals surface area contributed by atoms with Gasteiger partial charge in [-0.2, -0.15) is 0 Å². The number of phenols is 1. The number of hydrogen-bond donors (Lipinski definition) is 1. The first-order valence-corrected chi connectivity index (χ1v) is 6.94. The van der Waals surface area contributed by atoms with Crippen molar-refractivity contribution < 1.29 is 19.6 Å². The number of amides is 1. The third kappa shape index (κ3) is 2.56. The van der Waals surface area contributed by atoms with Crippen molar-refractivity contribution >= 4 is 11.6 Å². The molecular formula is C14H16N2O5. The van der Waals surface area contributed by atoms with Crippen molar-refractivity contribution in [2.75, 3.05) is 19.8 Å². The summed E-state index contributed by atoms with van der Waals surface area (Å²) in [5.74, 6) is -0.486. The Kier molecular flexibility index (Phi) is 3.50. The third-order valence-electron chi connectivity index (χ3n) is 4.03. The van der Waals surface area contributed by atoms with E-state index in [0.29, 0.717) is 25.7 Å². The number of nitro benzene ring substituents is 1. The minimum atomic E-state index is -0.691. The van der Waals surface area contributed by atoms with E-state index in [1.54, 1.807) is 4.90 Å². The minimum absolute atomic E-state index is 0.00455. The number of nitrogens with zero attached hydrogens (tertiary/aromatic N) is 2. The number of rotatable bonds is 3. The van der Waals surface area contributed by atoms with Crippen molar-refractivity contribution in [1.82, 2.24) is 4.90 Å². The van der Waals surface area contributed by atoms with Gasteiger partial charge in [-0.1, -0.05) is 6.07 Å². The summed E-state index contributed by atoms with van der Waals surface area (Å²) < 4.78 is 5.43. The Bertz CT molecular complexity index is 585. The minimum Gasteiger partial charge on any atom is -0.502 e. The maximum atomic E-state index is 12.6. The highest BCUT2D eigenvalue weighted by molar-refractivity contribution is 5.98. The molecule has 3 rings (SSSR count). The van der Waals surface area contributed by atoms with Crippen LogP contribution in [0.2, 0.25) is 0 Å². The summed E-state index contributed by atoms with van der Waals surface area (Å²) >= 11 is 0. The van der Waals surface area contributed by atoms with Gasteiger partial charge in [0.1, 0.15) is 0 Å². The van der Waals surface area contributed by atoms with Crippen LogP contribution >= 0.6 is 0 Å². The first kappa shape index (κ1) is 13.8. The van der Waals surface area contributed by atoms with Gasteiger partial charge in [-0.05, 0) is 24.8 Å². The molecule has 0 radical (unpaired) electrons. The molecule has 0 spiro atoms. The van der Waals surface area contributed by atoms with E-state index in [-0.39, 0.29) is 17.5 Å². The lowest BCUT2D eigenvalue weighted by Gasteiger charge is -2.36. The number of hydrogen-bond acceptors (Lipinski definition) is 5. The van der Waals surface area contributed by atoms with Crippen molar-refractivity contribution in [3.8, 4) is 5.75 Å². The van der Waals surface area contributed by atoms with Crippen LogP contribution in [0.25, 0.3) is 0 Å². The first-order valence-electron chi connectivity index (χ1n) is 6.94. The number of morpholine rings is 1. The molecule has 1 N–H and O–H groups in total. The molecule has 1 aromatic rings. The molecule has 1 saturated carbocycles. The second kappa shape index (κ2) is 5.33. The van der Waals surface area contributed by atoms with Gasteiger partial charge in [0.25, 0.3) is 5.91 Å². The number of phenolic OH excluding ortho intramolecular Hbond substituents is 1. The van der Waals surface area contributed by atoms with Crippen LogP contribution in [-0.2, 0) is 4.74 Å². The summed E-state index contributed by atoms with van der Waals surface area (Å²) in [6.07, 6.45) is 2.14. The van der Waals surface area contributed by atoms with Crippen LogP contribution in [0.4, 0.5) is 5.69 Å². The number of carbonyl (C=O) groups excluding carboxylic acids is 1. The average Bonchev–Trinajstić information content (AvgIpc) is 3.31. The van der Waals surface area contributed by atoms with Gasteiger partial charge < -0.3 is 14.7 Å². The Balaban J connectivity index is 1.90. The zero-order valence-electron chi connectivity index (χ0n) is 11.4. The number of nitro groups is 1. The van der Waals surface area contributed by atoms with E-state index in [1.165, 1.54) is 18.2 Å². The first-order chi connectivity index (χ1) is 10.1. The lowest BCUT2D eigenvalue weighted by atomic mass is 10.1. The highest BCUT2D eigenvalue weighted by Gasteiger charge is 2.40. The van der Waals surface area contributed by atoms with E-state index in [1.807, 2.05) is 0 Å². The summed E-state index contributed by atoms with van der Waals surface area (Å²) in [6.45, 7) is 1.39. The topological polar surface area (TPSA) is 92.9 Å². The van der Waals surface area contributed by atoms with Crippen molar-refractivity contribution in [1.29, 1.82) is 0 Å². The Hall–Kier alpha value is -2.15. The average molecular weight is 292 g/mol. The fourth-order valence-electron chi connectivity index (χ4n) is 2.75. The quantitative estimate of drug-likeness (QED) is 0.674. The van der Waals surface area contributed by atoms with Gasteiger partial charge in [0.05, 0.1) is 29.7 Å². The molecule has 0 bridgehead atoms. The predicted molar refractivity (Wildman–Crippen MR) is 73.1 cm³/mol. The number of para-hydroxylation sites is 1. The lowest BCUT2D eigenvalue weighted by Crippen LogP contribution is -2.49. The standard InChI is InChI=1S/C14H16N2O5/c17-13-10(2-1-3-11(13)16(19)20)14(18)15-6-7-21-8-12(15)9-4-5-9/h1-3,9,12,17H,4-8H2/t12-/m1/s1. The molecule has 1 atom stereocenters. The molecule has 0 aromatic heterocycles. The molecular weight excluding hydrogens is 276 g/mol. The van der Waals surface area contributed by atoms with Gasteiger partial charge in [0.15, 0.2) is 0 Å². The Morgan fingerprint density at radius 2 is 2.19 bits per heavy atom. The van der Waals surface area contributed by atoms with Crippen LogP contribution in [-0.4, -0.2) is 46.6 Å². The molecule has 1 aliphatic carbocycles. The maximum Gasteiger partial charge on any atom is 0.311 e. The molecule has 112 valence electrons. The van der Waals surface area contributed by atoms with Crippen LogP contribution in [0.5, 0.6) is 5.75 Å². The van der Waals surface area contributed by atoms with Gasteiger partial charge in [-0.3, -0.25) is 14.9 Å². The number of ether oxygens (including phenoxy) is 1. The molecule has 21 heavy (non-hydrogen) atoms. The highest BCUT2D eigenvalue weighted by Crippen LogP contribution is 2.38. The molecule has 1 saturated heterocycles. The predicted octanol–water partition coefficient (Wildman–Crippen LogP) is 1.55. The van der Waals surface area contributed by atoms with Gasteiger partial charge in [0.2, 0.25) is 5.75 Å². The molecule has 7 nitrogen and oxygen atoms in total. The van der Waals surface area contributed by atoms with Crippen molar-refractivity contribution in [2.45, 2.75) is 18.9 Å². The highest BCUT2D eigenvalue weighted by atomic mass is 16.6. The third-order valence-corrected chi connectivity index (χ3v) is 4.03. The summed E-state index contributed by atoms with van der Waals surface area (Å²) in [4.78, 5) is 24.5. The normalized spacial score (nSPS) is 22.1. The summed E-state index contributed by atoms with van der Waals surface area (Å²) in [5.41, 5.74) is -0.464. The second-order valence-electron chi connectivity index (χ2n) is 5.41. The molecule has 2 fully saturated rings. The van der Waals surface area contributed by atoms with Gasteiger partial charge in [-0.15, -0.1) is 0 Å². The van der Waals surface area contributed by atoms with Crippen LogP contribution in [0.3, 0.4) is 0 Å². The van der Waals surface area contributed by atoms with Crippen LogP contribution < -0.4 is 0 Å². The smallest absolute Gasteiger partial charge is 0.311 e. The van der Waals surface area contributed by atoms with E-state index in [4.69, 9.17) is 4.74 Å². The van der Waals surface area contributed by atoms with E-state index in [2.05, 4.69) is 0 Å². The van der Waals surface area contributed by atoms with E-state index in [0.717, 1.165) is 12.8 Å². The van der Waals surface area contributed by atoms with Gasteiger partial charge in [-0.25, -0.2) is 0 Å². The van der Waals surface area contributed by atoms with Crippen molar-refractivity contribution in [2.24, 2.45) is 5.92 Å². The van der Waals surface area contributed by atoms with Crippen molar-refractivity contribution in [3.05, 3.63) is 33.9 Å². The molecule has 0 unspecified atom stereocenters. The molecule has 7 heteroatoms. The fourth-order valence-corrected chi connectivity index (χ4v) is 2.75. The largest absolute Gasteiger partial charge is 0.502 e. The SMILES string of the molecule is O=C(c1cccc([N+](=O)[O-])c1O)N1CCOC[C@@H]1C1CC1. The van der Waals surface area contributed by atoms with Gasteiger partial charge in [0, 0.05) is 12.6 Å². The second-order valence-corrected chi connectivity index (χ2v) is 5.41. The van der Waals surface area contributed by atoms with E-state index < -0.39 is 16.4 Å². The lowest BCUT2D eigenvalue weighted by molar-refractivity contribution is -0.385. The number of aromatic hydroxyl groups is 1. The molecule has 1 aliphatic heterocycles. The summed E-state index contributed by atoms with van der Waals surface area (Å²) in [5, 5.41) is 20.8. The number of benzene rings is 1.